The normalized spacial score (nSPS) is 10.9. The SMILES string of the molecule is c1cc2nnoc2cc1-c1cn[nH]c1. The van der Waals surface area contributed by atoms with E-state index in [1.165, 1.54) is 0 Å². The second-order valence-electron chi connectivity index (χ2n) is 2.94. The molecular formula is C9H6N4O. The monoisotopic (exact) mass is 186 g/mol. The van der Waals surface area contributed by atoms with Gasteiger partial charge in [-0.2, -0.15) is 5.10 Å². The van der Waals surface area contributed by atoms with Crippen LogP contribution in [-0.4, -0.2) is 20.6 Å². The number of nitrogens with zero attached hydrogens (tertiary/aromatic N) is 3. The molecule has 0 bridgehead atoms. The van der Waals surface area contributed by atoms with Gasteiger partial charge >= 0.3 is 0 Å². The van der Waals surface area contributed by atoms with E-state index in [-0.39, 0.29) is 0 Å². The summed E-state index contributed by atoms with van der Waals surface area (Å²) in [6.45, 7) is 0. The Morgan fingerprint density at radius 1 is 1.21 bits per heavy atom. The van der Waals surface area contributed by atoms with Crippen LogP contribution in [0.25, 0.3) is 22.2 Å². The van der Waals surface area contributed by atoms with Crippen LogP contribution in [0.1, 0.15) is 0 Å². The zero-order valence-corrected chi connectivity index (χ0v) is 7.14. The predicted octanol–water partition coefficient (Wildman–Crippen LogP) is 1.61. The maximum atomic E-state index is 4.96. The third kappa shape index (κ3) is 0.990. The van der Waals surface area contributed by atoms with Crippen LogP contribution in [0.4, 0.5) is 0 Å². The van der Waals surface area contributed by atoms with E-state index >= 15 is 0 Å². The summed E-state index contributed by atoms with van der Waals surface area (Å²) in [5, 5.41) is 13.9. The highest BCUT2D eigenvalue weighted by atomic mass is 16.5. The molecule has 0 atom stereocenters. The van der Waals surface area contributed by atoms with E-state index in [9.17, 15) is 0 Å². The van der Waals surface area contributed by atoms with E-state index in [0.717, 1.165) is 16.6 Å². The van der Waals surface area contributed by atoms with Crippen molar-refractivity contribution in [3.63, 3.8) is 0 Å². The van der Waals surface area contributed by atoms with Crippen molar-refractivity contribution in [2.24, 2.45) is 0 Å². The van der Waals surface area contributed by atoms with E-state index in [2.05, 4.69) is 20.6 Å². The fourth-order valence-electron chi connectivity index (χ4n) is 1.37. The summed E-state index contributed by atoms with van der Waals surface area (Å²) in [5.41, 5.74) is 3.49. The Hall–Kier alpha value is -2.17. The number of hydrogen-bond donors (Lipinski definition) is 1. The van der Waals surface area contributed by atoms with Crippen LogP contribution in [0.3, 0.4) is 0 Å². The summed E-state index contributed by atoms with van der Waals surface area (Å²) in [7, 11) is 0. The van der Waals surface area contributed by atoms with Crippen molar-refractivity contribution < 1.29 is 4.52 Å². The zero-order valence-electron chi connectivity index (χ0n) is 7.14. The number of fused-ring (bicyclic) bond motifs is 1. The molecule has 2 heterocycles. The Morgan fingerprint density at radius 3 is 3.07 bits per heavy atom. The molecular weight excluding hydrogens is 180 g/mol. The number of aromatic nitrogens is 4. The van der Waals surface area contributed by atoms with Crippen LogP contribution in [0.5, 0.6) is 0 Å². The Bertz CT molecular complexity index is 555. The molecule has 0 spiro atoms. The predicted molar refractivity (Wildman–Crippen MR) is 49.4 cm³/mol. The first-order valence-electron chi connectivity index (χ1n) is 4.15. The molecule has 0 saturated carbocycles. The van der Waals surface area contributed by atoms with Gasteiger partial charge in [-0.05, 0) is 17.7 Å². The second-order valence-corrected chi connectivity index (χ2v) is 2.94. The molecule has 3 aromatic rings. The molecule has 0 aliphatic heterocycles. The molecule has 1 aromatic carbocycles. The van der Waals surface area contributed by atoms with Gasteiger partial charge in [0, 0.05) is 17.0 Å². The smallest absolute Gasteiger partial charge is 0.188 e. The van der Waals surface area contributed by atoms with Crippen LogP contribution >= 0.6 is 0 Å². The van der Waals surface area contributed by atoms with E-state index in [1.807, 2.05) is 24.4 Å². The van der Waals surface area contributed by atoms with Crippen molar-refractivity contribution in [2.75, 3.05) is 0 Å². The Morgan fingerprint density at radius 2 is 2.21 bits per heavy atom. The highest BCUT2D eigenvalue weighted by Gasteiger charge is 2.03. The maximum Gasteiger partial charge on any atom is 0.188 e. The molecule has 0 aliphatic rings. The third-order valence-corrected chi connectivity index (χ3v) is 2.08. The molecule has 14 heavy (non-hydrogen) atoms. The molecule has 68 valence electrons. The van der Waals surface area contributed by atoms with E-state index in [4.69, 9.17) is 4.52 Å². The van der Waals surface area contributed by atoms with Gasteiger partial charge in [-0.3, -0.25) is 5.10 Å². The Labute approximate surface area is 78.7 Å². The molecule has 0 fully saturated rings. The van der Waals surface area contributed by atoms with Crippen LogP contribution < -0.4 is 0 Å². The summed E-state index contributed by atoms with van der Waals surface area (Å²) in [5.74, 6) is 0. The largest absolute Gasteiger partial charge is 0.337 e. The number of rotatable bonds is 1. The van der Waals surface area contributed by atoms with Crippen molar-refractivity contribution in [2.45, 2.75) is 0 Å². The lowest BCUT2D eigenvalue weighted by Gasteiger charge is -1.93. The summed E-state index contributed by atoms with van der Waals surface area (Å²) in [6.07, 6.45) is 3.58. The first-order valence-corrected chi connectivity index (χ1v) is 4.15. The number of hydrogen-bond acceptors (Lipinski definition) is 4. The van der Waals surface area contributed by atoms with Crippen molar-refractivity contribution in [1.29, 1.82) is 0 Å². The molecule has 0 amide bonds. The van der Waals surface area contributed by atoms with E-state index in [0.29, 0.717) is 5.58 Å². The number of nitrogens with one attached hydrogen (secondary N) is 1. The minimum absolute atomic E-state index is 0.684. The lowest BCUT2D eigenvalue weighted by Crippen LogP contribution is -1.73. The van der Waals surface area contributed by atoms with E-state index < -0.39 is 0 Å². The number of aromatic amines is 1. The molecule has 0 saturated heterocycles. The maximum absolute atomic E-state index is 4.96. The topological polar surface area (TPSA) is 67.6 Å². The van der Waals surface area contributed by atoms with Crippen LogP contribution in [0, 0.1) is 0 Å². The van der Waals surface area contributed by atoms with Gasteiger partial charge in [0.2, 0.25) is 0 Å². The van der Waals surface area contributed by atoms with Crippen molar-refractivity contribution in [1.82, 2.24) is 20.6 Å². The summed E-state index contributed by atoms with van der Waals surface area (Å²) < 4.78 is 4.96. The average Bonchev–Trinajstić information content (AvgIpc) is 2.88. The average molecular weight is 186 g/mol. The Kier molecular flexibility index (Phi) is 1.38. The lowest BCUT2D eigenvalue weighted by molar-refractivity contribution is 0.424. The van der Waals surface area contributed by atoms with Gasteiger partial charge in [0.1, 0.15) is 5.52 Å². The summed E-state index contributed by atoms with van der Waals surface area (Å²) in [6, 6.07) is 5.71. The van der Waals surface area contributed by atoms with Gasteiger partial charge in [-0.25, -0.2) is 0 Å². The molecule has 5 heteroatoms. The van der Waals surface area contributed by atoms with Crippen LogP contribution in [0.15, 0.2) is 35.1 Å². The standard InChI is InChI=1S/C9H6N4O/c1-2-8-9(14-13-12-8)3-6(1)7-4-10-11-5-7/h1-5H,(H,10,11). The van der Waals surface area contributed by atoms with Gasteiger partial charge in [0.05, 0.1) is 6.20 Å². The minimum Gasteiger partial charge on any atom is -0.337 e. The fourth-order valence-corrected chi connectivity index (χ4v) is 1.37. The molecule has 3 rings (SSSR count). The highest BCUT2D eigenvalue weighted by molar-refractivity contribution is 5.78. The fraction of sp³-hybridized carbons (Fsp3) is 0. The quantitative estimate of drug-likeness (QED) is 0.626. The molecule has 0 radical (unpaired) electrons. The lowest BCUT2D eigenvalue weighted by atomic mass is 10.1. The molecule has 0 unspecified atom stereocenters. The zero-order chi connectivity index (χ0) is 9.38. The van der Waals surface area contributed by atoms with Crippen LogP contribution in [-0.2, 0) is 0 Å². The Balaban J connectivity index is 2.23. The molecule has 5 nitrogen and oxygen atoms in total. The molecule has 2 aromatic heterocycles. The molecule has 0 aliphatic carbocycles. The third-order valence-electron chi connectivity index (χ3n) is 2.08. The van der Waals surface area contributed by atoms with E-state index in [1.54, 1.807) is 6.20 Å². The molecule has 1 N–H and O–H groups in total. The van der Waals surface area contributed by atoms with Gasteiger partial charge in [0.15, 0.2) is 5.58 Å². The van der Waals surface area contributed by atoms with Gasteiger partial charge < -0.3 is 4.52 Å². The first kappa shape index (κ1) is 7.25. The minimum atomic E-state index is 0.684. The van der Waals surface area contributed by atoms with Gasteiger partial charge in [-0.15, -0.1) is 5.10 Å². The van der Waals surface area contributed by atoms with Gasteiger partial charge in [-0.1, -0.05) is 6.07 Å². The van der Waals surface area contributed by atoms with Crippen molar-refractivity contribution >= 4 is 11.1 Å². The summed E-state index contributed by atoms with van der Waals surface area (Å²) in [4.78, 5) is 0. The number of benzene rings is 1. The number of H-pyrrole nitrogens is 1. The van der Waals surface area contributed by atoms with Crippen molar-refractivity contribution in [3.05, 3.63) is 30.6 Å². The van der Waals surface area contributed by atoms with Gasteiger partial charge in [0.25, 0.3) is 0 Å². The first-order chi connectivity index (χ1) is 6.93. The van der Waals surface area contributed by atoms with Crippen LogP contribution in [0.2, 0.25) is 0 Å². The summed E-state index contributed by atoms with van der Waals surface area (Å²) >= 11 is 0. The second kappa shape index (κ2) is 2.66. The van der Waals surface area contributed by atoms with Crippen molar-refractivity contribution in [3.8, 4) is 11.1 Å². The highest BCUT2D eigenvalue weighted by Crippen LogP contribution is 2.21.